The smallest absolute Gasteiger partial charge is 0.0872 e. The molecule has 0 aliphatic carbocycles. The van der Waals surface area contributed by atoms with E-state index in [0.29, 0.717) is 10.0 Å². The van der Waals surface area contributed by atoms with Gasteiger partial charge in [-0.25, -0.2) is 0 Å². The third kappa shape index (κ3) is 3.30. The van der Waals surface area contributed by atoms with Gasteiger partial charge >= 0.3 is 0 Å². The van der Waals surface area contributed by atoms with Crippen molar-refractivity contribution in [3.8, 4) is 0 Å². The van der Waals surface area contributed by atoms with Gasteiger partial charge in [0.05, 0.1) is 6.10 Å². The van der Waals surface area contributed by atoms with Gasteiger partial charge in [-0.05, 0) is 29.7 Å². The Morgan fingerprint density at radius 2 is 1.74 bits per heavy atom. The molecule has 2 aromatic carbocycles. The Labute approximate surface area is 123 Å². The van der Waals surface area contributed by atoms with Crippen molar-refractivity contribution in [3.05, 3.63) is 69.7 Å². The fraction of sp³-hybridized carbons (Fsp3) is 0.250. The van der Waals surface area contributed by atoms with Crippen molar-refractivity contribution >= 4 is 23.2 Å². The van der Waals surface area contributed by atoms with Crippen molar-refractivity contribution in [2.24, 2.45) is 0 Å². The molecule has 2 aromatic rings. The lowest BCUT2D eigenvalue weighted by Gasteiger charge is -2.23. The molecule has 0 fully saturated rings. The van der Waals surface area contributed by atoms with Crippen LogP contribution in [0.4, 0.5) is 0 Å². The monoisotopic (exact) mass is 294 g/mol. The number of aliphatic hydroxyl groups is 1. The molecule has 0 aliphatic rings. The van der Waals surface area contributed by atoms with Crippen LogP contribution < -0.4 is 0 Å². The number of halogens is 2. The zero-order valence-electron chi connectivity index (χ0n) is 10.7. The Morgan fingerprint density at radius 3 is 2.32 bits per heavy atom. The van der Waals surface area contributed by atoms with Crippen LogP contribution in [0.1, 0.15) is 36.5 Å². The number of hydrogen-bond donors (Lipinski definition) is 1. The van der Waals surface area contributed by atoms with E-state index in [9.17, 15) is 5.11 Å². The average molecular weight is 295 g/mol. The zero-order chi connectivity index (χ0) is 13.8. The van der Waals surface area contributed by atoms with E-state index >= 15 is 0 Å². The molecule has 100 valence electrons. The fourth-order valence-corrected chi connectivity index (χ4v) is 2.82. The van der Waals surface area contributed by atoms with Crippen molar-refractivity contribution in [2.75, 3.05) is 0 Å². The first kappa shape index (κ1) is 14.4. The van der Waals surface area contributed by atoms with E-state index < -0.39 is 6.10 Å². The summed E-state index contributed by atoms with van der Waals surface area (Å²) >= 11 is 12.1. The first-order valence-electron chi connectivity index (χ1n) is 6.31. The molecule has 0 spiro atoms. The molecule has 0 saturated carbocycles. The molecule has 3 heteroatoms. The molecule has 1 nitrogen and oxygen atoms in total. The highest BCUT2D eigenvalue weighted by atomic mass is 35.5. The second-order valence-electron chi connectivity index (χ2n) is 4.54. The number of rotatable bonds is 4. The summed E-state index contributed by atoms with van der Waals surface area (Å²) in [5, 5.41) is 11.7. The molecule has 0 aromatic heterocycles. The summed E-state index contributed by atoms with van der Waals surface area (Å²) in [6.07, 6.45) is 0.210. The van der Waals surface area contributed by atoms with Crippen LogP contribution in [-0.2, 0) is 0 Å². The Morgan fingerprint density at radius 1 is 1.05 bits per heavy atom. The zero-order valence-corrected chi connectivity index (χ0v) is 12.2. The highest BCUT2D eigenvalue weighted by molar-refractivity contribution is 6.35. The van der Waals surface area contributed by atoms with Crippen molar-refractivity contribution < 1.29 is 5.11 Å². The van der Waals surface area contributed by atoms with Gasteiger partial charge in [0.1, 0.15) is 0 Å². The second-order valence-corrected chi connectivity index (χ2v) is 5.38. The molecular formula is C16H16Cl2O. The molecule has 0 bridgehead atoms. The van der Waals surface area contributed by atoms with Gasteiger partial charge in [0.25, 0.3) is 0 Å². The second kappa shape index (κ2) is 6.42. The maximum absolute atomic E-state index is 10.6. The van der Waals surface area contributed by atoms with Crippen LogP contribution in [0.15, 0.2) is 48.5 Å². The Kier molecular flexibility index (Phi) is 4.87. The molecule has 1 N–H and O–H groups in total. The lowest BCUT2D eigenvalue weighted by Crippen LogP contribution is -2.10. The molecule has 2 atom stereocenters. The van der Waals surface area contributed by atoms with E-state index in [1.807, 2.05) is 30.3 Å². The van der Waals surface area contributed by atoms with Crippen LogP contribution in [0.2, 0.25) is 10.0 Å². The molecule has 19 heavy (non-hydrogen) atoms. The van der Waals surface area contributed by atoms with Gasteiger partial charge in [0.15, 0.2) is 0 Å². The highest BCUT2D eigenvalue weighted by Crippen LogP contribution is 2.37. The van der Waals surface area contributed by atoms with Gasteiger partial charge in [-0.3, -0.25) is 0 Å². The van der Waals surface area contributed by atoms with E-state index in [1.54, 1.807) is 18.2 Å². The van der Waals surface area contributed by atoms with Crippen LogP contribution in [0, 0.1) is 0 Å². The minimum absolute atomic E-state index is 0.0277. The summed E-state index contributed by atoms with van der Waals surface area (Å²) in [6, 6.07) is 15.2. The highest BCUT2D eigenvalue weighted by Gasteiger charge is 2.22. The predicted molar refractivity (Wildman–Crippen MR) is 80.9 cm³/mol. The third-order valence-corrected chi connectivity index (χ3v) is 3.89. The molecule has 0 aliphatic heterocycles. The fourth-order valence-electron chi connectivity index (χ4n) is 2.30. The molecular weight excluding hydrogens is 279 g/mol. The van der Waals surface area contributed by atoms with E-state index in [4.69, 9.17) is 23.2 Å². The quantitative estimate of drug-likeness (QED) is 0.819. The summed E-state index contributed by atoms with van der Waals surface area (Å²) in [4.78, 5) is 0. The van der Waals surface area contributed by atoms with Crippen LogP contribution in [0.5, 0.6) is 0 Å². The molecule has 0 heterocycles. The number of hydrogen-bond acceptors (Lipinski definition) is 1. The standard InChI is InChI=1S/C16H16Cl2O/c1-2-13(11-6-4-3-5-7-11)16(19)14-9-8-12(17)10-15(14)18/h3-10,13,16,19H,2H2,1H3. The van der Waals surface area contributed by atoms with Crippen LogP contribution in [-0.4, -0.2) is 5.11 Å². The van der Waals surface area contributed by atoms with Gasteiger partial charge in [0, 0.05) is 16.0 Å². The predicted octanol–water partition coefficient (Wildman–Crippen LogP) is 5.22. The van der Waals surface area contributed by atoms with E-state index in [2.05, 4.69) is 6.92 Å². The lowest BCUT2D eigenvalue weighted by atomic mass is 9.87. The van der Waals surface area contributed by atoms with Gasteiger partial charge in [0.2, 0.25) is 0 Å². The van der Waals surface area contributed by atoms with Crippen LogP contribution >= 0.6 is 23.2 Å². The lowest BCUT2D eigenvalue weighted by molar-refractivity contribution is 0.142. The summed E-state index contributed by atoms with van der Waals surface area (Å²) in [5.41, 5.74) is 1.84. The summed E-state index contributed by atoms with van der Waals surface area (Å²) < 4.78 is 0. The van der Waals surface area contributed by atoms with Gasteiger partial charge in [-0.2, -0.15) is 0 Å². The number of aliphatic hydroxyl groups excluding tert-OH is 1. The van der Waals surface area contributed by atoms with Crippen molar-refractivity contribution in [1.29, 1.82) is 0 Å². The van der Waals surface area contributed by atoms with Gasteiger partial charge in [-0.15, -0.1) is 0 Å². The van der Waals surface area contributed by atoms with Crippen LogP contribution in [0.25, 0.3) is 0 Å². The third-order valence-electron chi connectivity index (χ3n) is 3.33. The molecule has 2 rings (SSSR count). The van der Waals surface area contributed by atoms with Gasteiger partial charge < -0.3 is 5.11 Å². The van der Waals surface area contributed by atoms with E-state index in [0.717, 1.165) is 17.5 Å². The Balaban J connectivity index is 2.33. The van der Waals surface area contributed by atoms with E-state index in [1.165, 1.54) is 0 Å². The molecule has 0 saturated heterocycles. The number of benzene rings is 2. The SMILES string of the molecule is CCC(c1ccccc1)C(O)c1ccc(Cl)cc1Cl. The summed E-state index contributed by atoms with van der Waals surface area (Å²) in [7, 11) is 0. The van der Waals surface area contributed by atoms with Crippen molar-refractivity contribution in [2.45, 2.75) is 25.4 Å². The first-order chi connectivity index (χ1) is 9.13. The Hall–Kier alpha value is -1.02. The van der Waals surface area contributed by atoms with Crippen LogP contribution in [0.3, 0.4) is 0 Å². The largest absolute Gasteiger partial charge is 0.388 e. The summed E-state index contributed by atoms with van der Waals surface area (Å²) in [6.45, 7) is 2.06. The minimum Gasteiger partial charge on any atom is -0.388 e. The van der Waals surface area contributed by atoms with E-state index in [-0.39, 0.29) is 5.92 Å². The van der Waals surface area contributed by atoms with Crippen molar-refractivity contribution in [1.82, 2.24) is 0 Å². The average Bonchev–Trinajstić information content (AvgIpc) is 2.40. The topological polar surface area (TPSA) is 20.2 Å². The maximum Gasteiger partial charge on any atom is 0.0872 e. The normalized spacial score (nSPS) is 14.1. The summed E-state index contributed by atoms with van der Waals surface area (Å²) in [5.74, 6) is 0.0277. The first-order valence-corrected chi connectivity index (χ1v) is 7.07. The molecule has 0 radical (unpaired) electrons. The minimum atomic E-state index is -0.628. The van der Waals surface area contributed by atoms with Crippen molar-refractivity contribution in [3.63, 3.8) is 0 Å². The molecule has 2 unspecified atom stereocenters. The van der Waals surface area contributed by atoms with Gasteiger partial charge in [-0.1, -0.05) is 66.5 Å². The maximum atomic E-state index is 10.6. The Bertz CT molecular complexity index is 540. The molecule has 0 amide bonds.